The topological polar surface area (TPSA) is 107 Å². The van der Waals surface area contributed by atoms with E-state index < -0.39 is 5.97 Å². The fourth-order valence-electron chi connectivity index (χ4n) is 3.23. The number of nitrogens with zero attached hydrogens (tertiary/aromatic N) is 1. The number of ether oxygens (including phenoxy) is 2. The van der Waals surface area contributed by atoms with E-state index in [0.29, 0.717) is 28.3 Å². The first kappa shape index (κ1) is 23.0. The fraction of sp³-hybridized carbons (Fsp3) is 0.231. The number of anilines is 1. The van der Waals surface area contributed by atoms with E-state index in [4.69, 9.17) is 4.74 Å². The summed E-state index contributed by atoms with van der Waals surface area (Å²) in [5.74, 6) is -0.383. The highest BCUT2D eigenvalue weighted by molar-refractivity contribution is 6.05. The molecule has 8 heteroatoms. The Kier molecular flexibility index (Phi) is 6.87. The smallest absolute Gasteiger partial charge is 0.356 e. The van der Waals surface area contributed by atoms with Crippen molar-refractivity contribution in [2.75, 3.05) is 12.4 Å². The van der Waals surface area contributed by atoms with Crippen molar-refractivity contribution >= 4 is 23.5 Å². The second-order valence-corrected chi connectivity index (χ2v) is 8.05. The summed E-state index contributed by atoms with van der Waals surface area (Å²) in [5, 5.41) is 5.83. The van der Waals surface area contributed by atoms with Crippen molar-refractivity contribution in [2.45, 2.75) is 32.4 Å². The summed E-state index contributed by atoms with van der Waals surface area (Å²) in [6, 6.07) is 17.2. The minimum atomic E-state index is -0.512. The predicted octanol–water partition coefficient (Wildman–Crippen LogP) is 3.90. The van der Waals surface area contributed by atoms with Crippen LogP contribution in [0.5, 0.6) is 5.75 Å². The molecule has 3 aromatic rings. The molecule has 34 heavy (non-hydrogen) atoms. The molecule has 0 radical (unpaired) electrons. The van der Waals surface area contributed by atoms with Gasteiger partial charge in [0.25, 0.3) is 11.8 Å². The van der Waals surface area contributed by atoms with Crippen LogP contribution in [0.3, 0.4) is 0 Å². The van der Waals surface area contributed by atoms with Crippen molar-refractivity contribution in [3.63, 3.8) is 0 Å². The number of rotatable bonds is 8. The molecule has 0 aliphatic heterocycles. The molecule has 174 valence electrons. The Morgan fingerprint density at radius 3 is 2.41 bits per heavy atom. The van der Waals surface area contributed by atoms with Crippen molar-refractivity contribution in [3.05, 3.63) is 88.7 Å². The summed E-state index contributed by atoms with van der Waals surface area (Å²) in [7, 11) is 1.30. The number of aromatic nitrogens is 1. The zero-order valence-corrected chi connectivity index (χ0v) is 19.0. The molecular weight excluding hydrogens is 434 g/mol. The molecule has 1 heterocycles. The second-order valence-electron chi connectivity index (χ2n) is 8.05. The number of pyridine rings is 1. The van der Waals surface area contributed by atoms with Crippen LogP contribution in [0.25, 0.3) is 0 Å². The van der Waals surface area contributed by atoms with Crippen LogP contribution in [0, 0.1) is 6.92 Å². The van der Waals surface area contributed by atoms with Gasteiger partial charge in [0.15, 0.2) is 0 Å². The van der Waals surface area contributed by atoms with Gasteiger partial charge in [-0.1, -0.05) is 12.1 Å². The highest BCUT2D eigenvalue weighted by Gasteiger charge is 2.24. The average Bonchev–Trinajstić information content (AvgIpc) is 3.68. The summed E-state index contributed by atoms with van der Waals surface area (Å²) >= 11 is 0. The molecular formula is C26H25N3O5. The molecule has 0 atom stereocenters. The molecule has 1 aliphatic rings. The largest absolute Gasteiger partial charge is 0.487 e. The van der Waals surface area contributed by atoms with Crippen molar-refractivity contribution in [1.29, 1.82) is 0 Å². The van der Waals surface area contributed by atoms with Crippen LogP contribution in [0.4, 0.5) is 5.69 Å². The van der Waals surface area contributed by atoms with Gasteiger partial charge in [-0.3, -0.25) is 9.59 Å². The number of esters is 1. The van der Waals surface area contributed by atoms with Crippen LogP contribution in [0.2, 0.25) is 0 Å². The standard InChI is InChI=1S/C26H25N3O5/c1-16-6-7-18(25(31)28-19-10-11-19)14-23(16)29-24(30)17-8-12-21(13-9-17)34-15-20-4-3-5-22(27-20)26(32)33-2/h3-9,12-14,19H,10-11,15H2,1-2H3,(H,28,31)(H,29,30). The maximum absolute atomic E-state index is 12.7. The summed E-state index contributed by atoms with van der Waals surface area (Å²) in [6.07, 6.45) is 2.02. The van der Waals surface area contributed by atoms with Gasteiger partial charge in [-0.2, -0.15) is 0 Å². The van der Waals surface area contributed by atoms with E-state index in [2.05, 4.69) is 20.4 Å². The van der Waals surface area contributed by atoms with Crippen LogP contribution >= 0.6 is 0 Å². The third kappa shape index (κ3) is 5.78. The van der Waals surface area contributed by atoms with E-state index in [9.17, 15) is 14.4 Å². The van der Waals surface area contributed by atoms with E-state index in [-0.39, 0.29) is 30.2 Å². The molecule has 0 bridgehead atoms. The van der Waals surface area contributed by atoms with Gasteiger partial charge in [0.1, 0.15) is 18.1 Å². The fourth-order valence-corrected chi connectivity index (χ4v) is 3.23. The Balaban J connectivity index is 1.37. The first-order valence-corrected chi connectivity index (χ1v) is 10.9. The highest BCUT2D eigenvalue weighted by atomic mass is 16.5. The Morgan fingerprint density at radius 2 is 1.71 bits per heavy atom. The van der Waals surface area contributed by atoms with Gasteiger partial charge in [0.2, 0.25) is 0 Å². The monoisotopic (exact) mass is 459 g/mol. The van der Waals surface area contributed by atoms with E-state index in [1.165, 1.54) is 7.11 Å². The maximum Gasteiger partial charge on any atom is 0.356 e. The predicted molar refractivity (Wildman–Crippen MR) is 126 cm³/mol. The van der Waals surface area contributed by atoms with Crippen LogP contribution in [-0.2, 0) is 11.3 Å². The Morgan fingerprint density at radius 1 is 0.971 bits per heavy atom. The number of hydrogen-bond acceptors (Lipinski definition) is 6. The highest BCUT2D eigenvalue weighted by Crippen LogP contribution is 2.22. The minimum absolute atomic E-state index is 0.133. The van der Waals surface area contributed by atoms with Gasteiger partial charge >= 0.3 is 5.97 Å². The number of methoxy groups -OCH3 is 1. The first-order valence-electron chi connectivity index (χ1n) is 10.9. The van der Waals surface area contributed by atoms with Gasteiger partial charge in [-0.05, 0) is 73.9 Å². The number of carbonyl (C=O) groups excluding carboxylic acids is 3. The van der Waals surface area contributed by atoms with Gasteiger partial charge < -0.3 is 20.1 Å². The average molecular weight is 460 g/mol. The summed E-state index contributed by atoms with van der Waals surface area (Å²) in [5.41, 5.74) is 3.20. The van der Waals surface area contributed by atoms with Gasteiger partial charge in [0, 0.05) is 22.9 Å². The number of carbonyl (C=O) groups is 3. The zero-order chi connectivity index (χ0) is 24.1. The van der Waals surface area contributed by atoms with Crippen molar-refractivity contribution < 1.29 is 23.9 Å². The number of nitrogens with one attached hydrogen (secondary N) is 2. The van der Waals surface area contributed by atoms with Crippen LogP contribution in [-0.4, -0.2) is 35.9 Å². The lowest BCUT2D eigenvalue weighted by Gasteiger charge is -2.12. The van der Waals surface area contributed by atoms with Crippen molar-refractivity contribution in [3.8, 4) is 5.75 Å². The van der Waals surface area contributed by atoms with Crippen molar-refractivity contribution in [1.82, 2.24) is 10.3 Å². The second kappa shape index (κ2) is 10.2. The Hall–Kier alpha value is -4.20. The van der Waals surface area contributed by atoms with E-state index >= 15 is 0 Å². The molecule has 1 fully saturated rings. The lowest BCUT2D eigenvalue weighted by molar-refractivity contribution is 0.0593. The number of hydrogen-bond donors (Lipinski definition) is 2. The van der Waals surface area contributed by atoms with E-state index in [0.717, 1.165) is 18.4 Å². The summed E-state index contributed by atoms with van der Waals surface area (Å²) in [4.78, 5) is 40.9. The Labute approximate surface area is 197 Å². The van der Waals surface area contributed by atoms with E-state index in [1.807, 2.05) is 13.0 Å². The molecule has 4 rings (SSSR count). The normalized spacial score (nSPS) is 12.5. The molecule has 0 saturated heterocycles. The molecule has 0 unspecified atom stereocenters. The minimum Gasteiger partial charge on any atom is -0.487 e. The molecule has 2 N–H and O–H groups in total. The molecule has 2 aromatic carbocycles. The SMILES string of the molecule is COC(=O)c1cccc(COc2ccc(C(=O)Nc3cc(C(=O)NC4CC4)ccc3C)cc2)n1. The molecule has 1 saturated carbocycles. The third-order valence-corrected chi connectivity index (χ3v) is 5.37. The van der Waals surface area contributed by atoms with Gasteiger partial charge in [-0.25, -0.2) is 9.78 Å². The third-order valence-electron chi connectivity index (χ3n) is 5.37. The van der Waals surface area contributed by atoms with Crippen LogP contribution in [0.1, 0.15) is 55.3 Å². The maximum atomic E-state index is 12.7. The summed E-state index contributed by atoms with van der Waals surface area (Å²) in [6.45, 7) is 2.03. The molecule has 8 nitrogen and oxygen atoms in total. The Bertz CT molecular complexity index is 1220. The number of amides is 2. The molecule has 1 aromatic heterocycles. The number of aryl methyl sites for hydroxylation is 1. The first-order chi connectivity index (χ1) is 16.4. The van der Waals surface area contributed by atoms with Gasteiger partial charge in [-0.15, -0.1) is 0 Å². The van der Waals surface area contributed by atoms with Crippen LogP contribution < -0.4 is 15.4 Å². The lowest BCUT2D eigenvalue weighted by atomic mass is 10.1. The zero-order valence-electron chi connectivity index (χ0n) is 19.0. The quantitative estimate of drug-likeness (QED) is 0.495. The molecule has 1 aliphatic carbocycles. The van der Waals surface area contributed by atoms with Crippen LogP contribution in [0.15, 0.2) is 60.7 Å². The molecule has 0 spiro atoms. The molecule has 2 amide bonds. The van der Waals surface area contributed by atoms with E-state index in [1.54, 1.807) is 54.6 Å². The van der Waals surface area contributed by atoms with Crippen molar-refractivity contribution in [2.24, 2.45) is 0 Å². The van der Waals surface area contributed by atoms with Gasteiger partial charge in [0.05, 0.1) is 12.8 Å². The lowest BCUT2D eigenvalue weighted by Crippen LogP contribution is -2.25. The summed E-state index contributed by atoms with van der Waals surface area (Å²) < 4.78 is 10.4. The number of benzene rings is 2.